The monoisotopic (exact) mass is 716 g/mol. The second-order valence-electron chi connectivity index (χ2n) is 10.9. The summed E-state index contributed by atoms with van der Waals surface area (Å²) in [7, 11) is -0.810. The Labute approximate surface area is 292 Å². The van der Waals surface area contributed by atoms with Gasteiger partial charge >= 0.3 is 0 Å². The van der Waals surface area contributed by atoms with Gasteiger partial charge in [0.15, 0.2) is 0 Å². The fourth-order valence-electron chi connectivity index (χ4n) is 5.16. The molecule has 49 heavy (non-hydrogen) atoms. The van der Waals surface area contributed by atoms with Crippen molar-refractivity contribution in [2.24, 2.45) is 0 Å². The highest BCUT2D eigenvalue weighted by Gasteiger charge is 2.21. The number of aromatic nitrogens is 4. The molecule has 6 rings (SSSR count). The first kappa shape index (κ1) is 33.9. The molecular weight excluding hydrogens is 687 g/mol. The van der Waals surface area contributed by atoms with Crippen molar-refractivity contribution in [2.75, 3.05) is 19.0 Å². The number of halogens is 2. The normalized spacial score (nSPS) is 11.8. The van der Waals surface area contributed by atoms with Gasteiger partial charge in [-0.25, -0.2) is 19.3 Å². The molecule has 0 fully saturated rings. The van der Waals surface area contributed by atoms with Gasteiger partial charge < -0.3 is 14.8 Å². The fraction of sp³-hybridized carbons (Fsp3) is 0.171. The quantitative estimate of drug-likeness (QED) is 0.120. The molecule has 0 saturated carbocycles. The average molecular weight is 717 g/mol. The summed E-state index contributed by atoms with van der Waals surface area (Å²) in [5.41, 5.74) is 5.45. The summed E-state index contributed by atoms with van der Waals surface area (Å²) in [6, 6.07) is 20.5. The zero-order chi connectivity index (χ0) is 34.3. The van der Waals surface area contributed by atoms with Crippen LogP contribution < -0.4 is 14.8 Å². The molecule has 14 heteroatoms. The van der Waals surface area contributed by atoms with E-state index in [9.17, 15) is 12.8 Å². The van der Waals surface area contributed by atoms with Crippen LogP contribution in [0, 0.1) is 5.82 Å². The highest BCUT2D eigenvalue weighted by atomic mass is 35.5. The molecular formula is C35H30ClFN6O4S2. The lowest BCUT2D eigenvalue weighted by Crippen LogP contribution is -2.28. The van der Waals surface area contributed by atoms with E-state index in [2.05, 4.69) is 20.3 Å². The van der Waals surface area contributed by atoms with Crippen LogP contribution >= 0.6 is 22.9 Å². The molecule has 0 amide bonds. The predicted molar refractivity (Wildman–Crippen MR) is 191 cm³/mol. The highest BCUT2D eigenvalue weighted by Crippen LogP contribution is 2.38. The van der Waals surface area contributed by atoms with E-state index in [0.717, 1.165) is 21.7 Å². The maximum absolute atomic E-state index is 13.5. The molecule has 0 aliphatic heterocycles. The number of pyridine rings is 1. The minimum atomic E-state index is -2.39. The molecule has 250 valence electrons. The molecule has 0 bridgehead atoms. The highest BCUT2D eigenvalue weighted by molar-refractivity contribution is 7.71. The van der Waals surface area contributed by atoms with Gasteiger partial charge in [0.2, 0.25) is 10.3 Å². The van der Waals surface area contributed by atoms with E-state index >= 15 is 0 Å². The zero-order valence-corrected chi connectivity index (χ0v) is 28.8. The van der Waals surface area contributed by atoms with Gasteiger partial charge in [-0.3, -0.25) is 9.88 Å². The summed E-state index contributed by atoms with van der Waals surface area (Å²) in [4.78, 5) is 19.9. The van der Waals surface area contributed by atoms with Gasteiger partial charge in [-0.2, -0.15) is 8.42 Å². The topological polar surface area (TPSA) is 119 Å². The smallest absolute Gasteiger partial charge is 0.225 e. The van der Waals surface area contributed by atoms with Gasteiger partial charge in [0.25, 0.3) is 0 Å². The van der Waals surface area contributed by atoms with E-state index in [0.29, 0.717) is 57.8 Å². The van der Waals surface area contributed by atoms with Crippen molar-refractivity contribution in [1.82, 2.24) is 24.8 Å². The summed E-state index contributed by atoms with van der Waals surface area (Å²) < 4.78 is 48.5. The molecule has 3 aromatic heterocycles. The van der Waals surface area contributed by atoms with Crippen LogP contribution in [0.25, 0.3) is 22.2 Å². The number of thiazole rings is 1. The van der Waals surface area contributed by atoms with Crippen LogP contribution in [0.4, 0.5) is 15.9 Å². The average Bonchev–Trinajstić information content (AvgIpc) is 3.60. The molecule has 0 radical (unpaired) electrons. The van der Waals surface area contributed by atoms with Gasteiger partial charge in [0.05, 0.1) is 29.4 Å². The van der Waals surface area contributed by atoms with Gasteiger partial charge in [-0.15, -0.1) is 11.3 Å². The fourth-order valence-corrected chi connectivity index (χ4v) is 6.80. The number of hydrogen-bond acceptors (Lipinski definition) is 10. The maximum Gasteiger partial charge on any atom is 0.225 e. The Morgan fingerprint density at radius 1 is 1.04 bits per heavy atom. The number of rotatable bonds is 13. The summed E-state index contributed by atoms with van der Waals surface area (Å²) in [6.07, 6.45) is 3.75. The van der Waals surface area contributed by atoms with Crippen LogP contribution in [-0.2, 0) is 23.3 Å². The first-order valence-electron chi connectivity index (χ1n) is 15.1. The molecule has 1 N–H and O–H groups in total. The number of anilines is 2. The Hall–Kier alpha value is -4.95. The van der Waals surface area contributed by atoms with Gasteiger partial charge in [0, 0.05) is 52.9 Å². The van der Waals surface area contributed by atoms with Crippen molar-refractivity contribution in [1.29, 1.82) is 0 Å². The third kappa shape index (κ3) is 8.38. The number of benzene rings is 3. The van der Waals surface area contributed by atoms with E-state index in [-0.39, 0.29) is 18.5 Å². The Kier molecular flexibility index (Phi) is 10.7. The molecule has 0 saturated heterocycles. The molecule has 1 atom stereocenters. The van der Waals surface area contributed by atoms with Gasteiger partial charge in [-0.1, -0.05) is 29.8 Å². The third-order valence-electron chi connectivity index (χ3n) is 7.66. The number of nitrogens with one attached hydrogen (secondary N) is 1. The van der Waals surface area contributed by atoms with Crippen LogP contribution in [-0.4, -0.2) is 52.4 Å². The van der Waals surface area contributed by atoms with Crippen molar-refractivity contribution >= 4 is 61.1 Å². The van der Waals surface area contributed by atoms with Crippen molar-refractivity contribution in [2.45, 2.75) is 26.0 Å². The molecule has 0 aliphatic rings. The van der Waals surface area contributed by atoms with Crippen LogP contribution in [0.2, 0.25) is 5.02 Å². The SMILES string of the molecule is COc1cc2ncnc(Nc3ccc(OCc4cccc(F)c4)c(Cl)c3)c2cc1-c1csc(C(C)N(C=S(=O)=O)CCc2ccccn2)n1. The second-order valence-corrected chi connectivity index (χ2v) is 12.9. The molecule has 0 aliphatic carbocycles. The summed E-state index contributed by atoms with van der Waals surface area (Å²) >= 11 is 7.98. The molecule has 1 unspecified atom stereocenters. The van der Waals surface area contributed by atoms with Crippen molar-refractivity contribution in [3.63, 3.8) is 0 Å². The predicted octanol–water partition coefficient (Wildman–Crippen LogP) is 7.52. The molecule has 10 nitrogen and oxygen atoms in total. The van der Waals surface area contributed by atoms with Crippen molar-refractivity contribution in [3.8, 4) is 22.8 Å². The van der Waals surface area contributed by atoms with Crippen LogP contribution in [0.3, 0.4) is 0 Å². The molecule has 0 spiro atoms. The van der Waals surface area contributed by atoms with Crippen molar-refractivity contribution < 1.29 is 22.3 Å². The van der Waals surface area contributed by atoms with Crippen LogP contribution in [0.1, 0.15) is 29.2 Å². The maximum atomic E-state index is 13.5. The Morgan fingerprint density at radius 2 is 1.92 bits per heavy atom. The lowest BCUT2D eigenvalue weighted by molar-refractivity contribution is 0.306. The molecule has 3 aromatic carbocycles. The minimum absolute atomic E-state index is 0.169. The Balaban J connectivity index is 1.24. The summed E-state index contributed by atoms with van der Waals surface area (Å²) in [5, 5.41) is 7.06. The first-order chi connectivity index (χ1) is 23.8. The van der Waals surface area contributed by atoms with Crippen molar-refractivity contribution in [3.05, 3.63) is 118 Å². The first-order valence-corrected chi connectivity index (χ1v) is 17.5. The second kappa shape index (κ2) is 15.5. The number of nitrogens with zero attached hydrogens (tertiary/aromatic N) is 5. The summed E-state index contributed by atoms with van der Waals surface area (Å²) in [5.74, 6) is 1.24. The largest absolute Gasteiger partial charge is 0.496 e. The van der Waals surface area contributed by atoms with E-state index in [1.165, 1.54) is 35.3 Å². The van der Waals surface area contributed by atoms with Crippen LogP contribution in [0.5, 0.6) is 11.5 Å². The number of ether oxygens (including phenoxy) is 2. The van der Waals surface area contributed by atoms with E-state index in [4.69, 9.17) is 26.1 Å². The number of methoxy groups -OCH3 is 1. The Morgan fingerprint density at radius 3 is 2.67 bits per heavy atom. The lowest BCUT2D eigenvalue weighted by atomic mass is 10.1. The van der Waals surface area contributed by atoms with Gasteiger partial charge in [0.1, 0.15) is 46.6 Å². The zero-order valence-electron chi connectivity index (χ0n) is 26.4. The lowest BCUT2D eigenvalue weighted by Gasteiger charge is -2.22. The number of hydrogen-bond donors (Lipinski definition) is 1. The standard InChI is InChI=1S/C35H30ClFN6O4S2/c1-22(43(21-49(44)45)13-11-25-8-3-4-12-38-25)35-42-31(19-48-35)27-16-28-30(17-33(27)46-2)39-20-40-34(28)41-26-9-10-32(29(36)15-26)47-18-23-6-5-7-24(37)14-23/h3-10,12,14-17,19-22H,11,13,18H2,1-2H3,(H,39,40,41). The van der Waals surface area contributed by atoms with Crippen LogP contribution in [0.15, 0.2) is 90.7 Å². The van der Waals surface area contributed by atoms with E-state index < -0.39 is 10.3 Å². The minimum Gasteiger partial charge on any atom is -0.496 e. The van der Waals surface area contributed by atoms with E-state index in [1.807, 2.05) is 48.7 Å². The molecule has 3 heterocycles. The number of fused-ring (bicyclic) bond motifs is 1. The van der Waals surface area contributed by atoms with Gasteiger partial charge in [-0.05, 0) is 61.0 Å². The third-order valence-corrected chi connectivity index (χ3v) is 9.41. The summed E-state index contributed by atoms with van der Waals surface area (Å²) in [6.45, 7) is 2.53. The van der Waals surface area contributed by atoms with E-state index in [1.54, 1.807) is 42.5 Å². The molecule has 6 aromatic rings. The Bertz CT molecular complexity index is 2230.